The third-order valence-corrected chi connectivity index (χ3v) is 3.00. The molecule has 0 saturated heterocycles. The van der Waals surface area contributed by atoms with Crippen LogP contribution in [-0.2, 0) is 6.42 Å². The molecule has 3 rings (SSSR count). The summed E-state index contributed by atoms with van der Waals surface area (Å²) in [6, 6.07) is 17.2. The van der Waals surface area contributed by atoms with E-state index >= 15 is 0 Å². The molecule has 0 saturated carbocycles. The molecule has 0 spiro atoms. The van der Waals surface area contributed by atoms with Gasteiger partial charge in [0.1, 0.15) is 0 Å². The molecule has 0 heteroatoms. The van der Waals surface area contributed by atoms with E-state index in [0.717, 1.165) is 6.42 Å². The van der Waals surface area contributed by atoms with E-state index < -0.39 is 0 Å². The first-order chi connectivity index (χ1) is 7.93. The highest BCUT2D eigenvalue weighted by molar-refractivity contribution is 5.65. The Kier molecular flexibility index (Phi) is 2.34. The Morgan fingerprint density at radius 1 is 0.812 bits per heavy atom. The molecular formula is C16H13. The fourth-order valence-electron chi connectivity index (χ4n) is 2.12. The highest BCUT2D eigenvalue weighted by Gasteiger charge is 2.06. The quantitative estimate of drug-likeness (QED) is 0.659. The normalized spacial score (nSPS) is 13.5. The smallest absolute Gasteiger partial charge is 0.0125 e. The summed E-state index contributed by atoms with van der Waals surface area (Å²) in [5.41, 5.74) is 5.37. The van der Waals surface area contributed by atoms with Crippen LogP contribution >= 0.6 is 0 Å². The summed E-state index contributed by atoms with van der Waals surface area (Å²) in [5, 5.41) is 0. The van der Waals surface area contributed by atoms with E-state index in [1.54, 1.807) is 0 Å². The molecule has 0 aromatic heterocycles. The lowest BCUT2D eigenvalue weighted by Gasteiger charge is -2.12. The van der Waals surface area contributed by atoms with Gasteiger partial charge in [0, 0.05) is 6.42 Å². The minimum absolute atomic E-state index is 1.05. The fraction of sp³-hybridized carbons (Fsp3) is 0.0625. The molecule has 1 aliphatic carbocycles. The minimum atomic E-state index is 1.05. The first-order valence-corrected chi connectivity index (χ1v) is 5.62. The van der Waals surface area contributed by atoms with Gasteiger partial charge in [-0.15, -0.1) is 0 Å². The van der Waals surface area contributed by atoms with Crippen LogP contribution in [0.4, 0.5) is 0 Å². The monoisotopic (exact) mass is 205 g/mol. The molecule has 77 valence electrons. The van der Waals surface area contributed by atoms with E-state index in [0.29, 0.717) is 0 Å². The van der Waals surface area contributed by atoms with Gasteiger partial charge < -0.3 is 0 Å². The molecule has 0 heterocycles. The molecule has 0 aliphatic heterocycles. The highest BCUT2D eigenvalue weighted by atomic mass is 14.1. The predicted octanol–water partition coefficient (Wildman–Crippen LogP) is 4.02. The Hall–Kier alpha value is -1.82. The Labute approximate surface area is 96.3 Å². The Balaban J connectivity index is 2.05. The molecule has 1 aliphatic rings. The van der Waals surface area contributed by atoms with Crippen LogP contribution in [0.25, 0.3) is 11.1 Å². The van der Waals surface area contributed by atoms with E-state index in [1.165, 1.54) is 22.3 Å². The molecule has 0 nitrogen and oxygen atoms in total. The lowest BCUT2D eigenvalue weighted by molar-refractivity contribution is 1.19. The zero-order valence-electron chi connectivity index (χ0n) is 9.06. The fourth-order valence-corrected chi connectivity index (χ4v) is 2.12. The zero-order chi connectivity index (χ0) is 10.8. The van der Waals surface area contributed by atoms with Crippen LogP contribution in [0.2, 0.25) is 0 Å². The third-order valence-electron chi connectivity index (χ3n) is 3.00. The maximum Gasteiger partial charge on any atom is 0.0125 e. The summed E-state index contributed by atoms with van der Waals surface area (Å²) in [7, 11) is 0. The summed E-state index contributed by atoms with van der Waals surface area (Å²) in [6.45, 7) is 0. The lowest BCUT2D eigenvalue weighted by Crippen LogP contribution is -1.95. The van der Waals surface area contributed by atoms with Gasteiger partial charge in [0.15, 0.2) is 0 Å². The average molecular weight is 205 g/mol. The Morgan fingerprint density at radius 3 is 2.56 bits per heavy atom. The molecule has 0 atom stereocenters. The molecular weight excluding hydrogens is 192 g/mol. The van der Waals surface area contributed by atoms with Crippen LogP contribution in [0.5, 0.6) is 0 Å². The van der Waals surface area contributed by atoms with E-state index in [2.05, 4.69) is 67.1 Å². The highest BCUT2D eigenvalue weighted by Crippen LogP contribution is 2.25. The van der Waals surface area contributed by atoms with Crippen molar-refractivity contribution in [2.75, 3.05) is 0 Å². The van der Waals surface area contributed by atoms with Gasteiger partial charge in [0.25, 0.3) is 0 Å². The first-order valence-electron chi connectivity index (χ1n) is 5.62. The molecule has 0 unspecified atom stereocenters. The molecule has 0 bridgehead atoms. The maximum absolute atomic E-state index is 2.30. The first kappa shape index (κ1) is 9.41. The van der Waals surface area contributed by atoms with Gasteiger partial charge in [-0.3, -0.25) is 0 Å². The van der Waals surface area contributed by atoms with Crippen molar-refractivity contribution >= 4 is 0 Å². The van der Waals surface area contributed by atoms with Crippen LogP contribution in [0.3, 0.4) is 0 Å². The maximum atomic E-state index is 2.30. The van der Waals surface area contributed by atoms with Gasteiger partial charge >= 0.3 is 0 Å². The number of benzene rings is 2. The van der Waals surface area contributed by atoms with Crippen LogP contribution in [0.1, 0.15) is 11.1 Å². The topological polar surface area (TPSA) is 0 Å². The van der Waals surface area contributed by atoms with Gasteiger partial charge in [0.05, 0.1) is 0 Å². The predicted molar refractivity (Wildman–Crippen MR) is 68.1 cm³/mol. The summed E-state index contributed by atoms with van der Waals surface area (Å²) < 4.78 is 0. The molecule has 16 heavy (non-hydrogen) atoms. The van der Waals surface area contributed by atoms with E-state index in [1.807, 2.05) is 0 Å². The van der Waals surface area contributed by atoms with Crippen molar-refractivity contribution in [1.82, 2.24) is 0 Å². The second-order valence-electron chi connectivity index (χ2n) is 4.08. The summed E-state index contributed by atoms with van der Waals surface area (Å²) in [5.74, 6) is 0. The standard InChI is InChI=1S/C16H13/c1-2-6-13(7-3-1)16-11-10-14-8-4-5-9-15(14)12-16/h1-8,10-12H,9H2. The Bertz CT molecular complexity index is 521. The summed E-state index contributed by atoms with van der Waals surface area (Å²) >= 11 is 0. The van der Waals surface area contributed by atoms with E-state index in [9.17, 15) is 0 Å². The van der Waals surface area contributed by atoms with E-state index in [-0.39, 0.29) is 0 Å². The largest absolute Gasteiger partial charge is 0.0835 e. The molecule has 0 fully saturated rings. The SMILES string of the molecule is [CH]1C=CCc2cc(-c3ccccc3)ccc21. The van der Waals surface area contributed by atoms with E-state index in [4.69, 9.17) is 0 Å². The van der Waals surface area contributed by atoms with Crippen molar-refractivity contribution in [2.45, 2.75) is 6.42 Å². The van der Waals surface area contributed by atoms with Gasteiger partial charge in [-0.05, 0) is 28.7 Å². The van der Waals surface area contributed by atoms with Crippen LogP contribution in [-0.4, -0.2) is 0 Å². The van der Waals surface area contributed by atoms with Crippen molar-refractivity contribution in [1.29, 1.82) is 0 Å². The summed E-state index contributed by atoms with van der Waals surface area (Å²) in [6.07, 6.45) is 7.56. The zero-order valence-corrected chi connectivity index (χ0v) is 9.06. The number of hydrogen-bond acceptors (Lipinski definition) is 0. The van der Waals surface area contributed by atoms with Crippen LogP contribution in [0, 0.1) is 6.42 Å². The van der Waals surface area contributed by atoms with Crippen molar-refractivity contribution in [3.05, 3.63) is 78.2 Å². The lowest BCUT2D eigenvalue weighted by atomic mass is 9.93. The molecule has 2 aromatic carbocycles. The van der Waals surface area contributed by atoms with Crippen molar-refractivity contribution in [3.63, 3.8) is 0 Å². The second kappa shape index (κ2) is 3.97. The van der Waals surface area contributed by atoms with Gasteiger partial charge in [0.2, 0.25) is 0 Å². The molecule has 2 aromatic rings. The van der Waals surface area contributed by atoms with Gasteiger partial charge in [-0.25, -0.2) is 0 Å². The van der Waals surface area contributed by atoms with Crippen LogP contribution < -0.4 is 0 Å². The molecule has 0 N–H and O–H groups in total. The third kappa shape index (κ3) is 1.67. The summed E-state index contributed by atoms with van der Waals surface area (Å²) in [4.78, 5) is 0. The number of fused-ring (bicyclic) bond motifs is 1. The number of hydrogen-bond donors (Lipinski definition) is 0. The second-order valence-corrected chi connectivity index (χ2v) is 4.08. The minimum Gasteiger partial charge on any atom is -0.0835 e. The van der Waals surface area contributed by atoms with Gasteiger partial charge in [-0.1, -0.05) is 60.7 Å². The average Bonchev–Trinajstić information content (AvgIpc) is 2.39. The van der Waals surface area contributed by atoms with Gasteiger partial charge in [-0.2, -0.15) is 0 Å². The van der Waals surface area contributed by atoms with Crippen molar-refractivity contribution in [2.24, 2.45) is 0 Å². The van der Waals surface area contributed by atoms with Crippen LogP contribution in [0.15, 0.2) is 60.7 Å². The number of allylic oxidation sites excluding steroid dienone is 2. The number of rotatable bonds is 1. The van der Waals surface area contributed by atoms with Crippen molar-refractivity contribution in [3.8, 4) is 11.1 Å². The Morgan fingerprint density at radius 2 is 1.69 bits per heavy atom. The molecule has 1 radical (unpaired) electrons. The molecule has 0 amide bonds. The van der Waals surface area contributed by atoms with Crippen molar-refractivity contribution < 1.29 is 0 Å².